The Morgan fingerprint density at radius 1 is 0.862 bits per heavy atom. The Balaban J connectivity index is 1.73. The van der Waals surface area contributed by atoms with Crippen LogP contribution in [0.4, 0.5) is 5.69 Å². The molecule has 4 aromatic rings. The standard InChI is InChI=1S/C23H21N3O3/c1-27-20-12-15(13-21(28-2)22(20)29-3)14-24-17-9-5-4-8-16(17)23-25-18-10-6-7-11-19(18)26-23/h4-14H,1-3H3,(H,25,26). The van der Waals surface area contributed by atoms with Crippen molar-refractivity contribution in [1.82, 2.24) is 9.97 Å². The van der Waals surface area contributed by atoms with Crippen LogP contribution in [0.3, 0.4) is 0 Å². The van der Waals surface area contributed by atoms with Gasteiger partial charge in [-0.15, -0.1) is 0 Å². The Morgan fingerprint density at radius 3 is 2.24 bits per heavy atom. The summed E-state index contributed by atoms with van der Waals surface area (Å²) in [6, 6.07) is 19.5. The number of nitrogens with one attached hydrogen (secondary N) is 1. The molecule has 1 heterocycles. The van der Waals surface area contributed by atoms with Gasteiger partial charge in [-0.05, 0) is 36.4 Å². The molecule has 0 aliphatic carbocycles. The quantitative estimate of drug-likeness (QED) is 0.472. The van der Waals surface area contributed by atoms with Crippen molar-refractivity contribution < 1.29 is 14.2 Å². The molecular weight excluding hydrogens is 366 g/mol. The van der Waals surface area contributed by atoms with E-state index in [1.165, 1.54) is 0 Å². The van der Waals surface area contributed by atoms with Crippen LogP contribution in [0, 0.1) is 0 Å². The van der Waals surface area contributed by atoms with E-state index in [2.05, 4.69) is 4.98 Å². The highest BCUT2D eigenvalue weighted by Gasteiger charge is 2.13. The summed E-state index contributed by atoms with van der Waals surface area (Å²) < 4.78 is 16.2. The van der Waals surface area contributed by atoms with Crippen LogP contribution in [0.25, 0.3) is 22.4 Å². The molecule has 0 saturated heterocycles. The molecule has 1 aromatic heterocycles. The van der Waals surface area contributed by atoms with Gasteiger partial charge in [0.1, 0.15) is 5.82 Å². The van der Waals surface area contributed by atoms with Gasteiger partial charge in [-0.1, -0.05) is 24.3 Å². The second-order valence-corrected chi connectivity index (χ2v) is 6.34. The number of aromatic nitrogens is 2. The van der Waals surface area contributed by atoms with Gasteiger partial charge in [-0.3, -0.25) is 4.99 Å². The number of rotatable bonds is 6. The molecular formula is C23H21N3O3. The zero-order valence-electron chi connectivity index (χ0n) is 16.5. The maximum absolute atomic E-state index is 5.42. The number of hydrogen-bond donors (Lipinski definition) is 1. The van der Waals surface area contributed by atoms with Gasteiger partial charge in [0, 0.05) is 17.3 Å². The molecule has 1 N–H and O–H groups in total. The van der Waals surface area contributed by atoms with Crippen molar-refractivity contribution in [3.05, 3.63) is 66.2 Å². The summed E-state index contributed by atoms with van der Waals surface area (Å²) in [7, 11) is 4.77. The van der Waals surface area contributed by atoms with Crippen LogP contribution in [0.15, 0.2) is 65.7 Å². The molecule has 0 spiro atoms. The molecule has 3 aromatic carbocycles. The molecule has 0 fully saturated rings. The minimum atomic E-state index is 0.551. The van der Waals surface area contributed by atoms with E-state index in [1.807, 2.05) is 60.7 Å². The normalized spacial score (nSPS) is 11.1. The number of para-hydroxylation sites is 3. The Kier molecular flexibility index (Phi) is 5.16. The van der Waals surface area contributed by atoms with Gasteiger partial charge >= 0.3 is 0 Å². The lowest BCUT2D eigenvalue weighted by Gasteiger charge is -2.12. The van der Waals surface area contributed by atoms with Crippen molar-refractivity contribution in [3.8, 4) is 28.6 Å². The van der Waals surface area contributed by atoms with Gasteiger partial charge in [-0.25, -0.2) is 4.98 Å². The highest BCUT2D eigenvalue weighted by atomic mass is 16.5. The van der Waals surface area contributed by atoms with Crippen LogP contribution in [0.1, 0.15) is 5.56 Å². The minimum Gasteiger partial charge on any atom is -0.493 e. The van der Waals surface area contributed by atoms with Gasteiger partial charge in [0.25, 0.3) is 0 Å². The minimum absolute atomic E-state index is 0.551. The van der Waals surface area contributed by atoms with Gasteiger partial charge < -0.3 is 19.2 Å². The van der Waals surface area contributed by atoms with E-state index in [9.17, 15) is 0 Å². The van der Waals surface area contributed by atoms with Gasteiger partial charge in [0.2, 0.25) is 5.75 Å². The second-order valence-electron chi connectivity index (χ2n) is 6.34. The molecule has 0 aliphatic rings. The van der Waals surface area contributed by atoms with Crippen LogP contribution in [-0.2, 0) is 0 Å². The maximum Gasteiger partial charge on any atom is 0.203 e. The number of nitrogens with zero attached hydrogens (tertiary/aromatic N) is 2. The van der Waals surface area contributed by atoms with Gasteiger partial charge in [-0.2, -0.15) is 0 Å². The highest BCUT2D eigenvalue weighted by molar-refractivity contribution is 5.88. The maximum atomic E-state index is 5.42. The fourth-order valence-corrected chi connectivity index (χ4v) is 3.19. The Morgan fingerprint density at radius 2 is 1.55 bits per heavy atom. The molecule has 0 saturated carbocycles. The number of benzene rings is 3. The Labute approximate surface area is 168 Å². The zero-order valence-corrected chi connectivity index (χ0v) is 16.5. The molecule has 0 bridgehead atoms. The van der Waals surface area contributed by atoms with Crippen molar-refractivity contribution in [2.24, 2.45) is 4.99 Å². The first-order chi connectivity index (χ1) is 14.2. The van der Waals surface area contributed by atoms with E-state index in [0.29, 0.717) is 17.2 Å². The van der Waals surface area contributed by atoms with Gasteiger partial charge in [0.15, 0.2) is 11.5 Å². The smallest absolute Gasteiger partial charge is 0.203 e. The fourth-order valence-electron chi connectivity index (χ4n) is 3.19. The second kappa shape index (κ2) is 8.06. The first kappa shape index (κ1) is 18.6. The van der Waals surface area contributed by atoms with Crippen molar-refractivity contribution in [2.75, 3.05) is 21.3 Å². The lowest BCUT2D eigenvalue weighted by atomic mass is 10.1. The summed E-state index contributed by atoms with van der Waals surface area (Å²) in [4.78, 5) is 12.7. The zero-order chi connectivity index (χ0) is 20.2. The van der Waals surface area contributed by atoms with Crippen LogP contribution < -0.4 is 14.2 Å². The summed E-state index contributed by atoms with van der Waals surface area (Å²) in [5.41, 5.74) is 4.48. The number of aromatic amines is 1. The third-order valence-corrected chi connectivity index (χ3v) is 4.59. The number of H-pyrrole nitrogens is 1. The fraction of sp³-hybridized carbons (Fsp3) is 0.130. The number of fused-ring (bicyclic) bond motifs is 1. The number of imidazole rings is 1. The van der Waals surface area contributed by atoms with Crippen molar-refractivity contribution in [2.45, 2.75) is 0 Å². The Bertz CT molecular complexity index is 1120. The summed E-state index contributed by atoms with van der Waals surface area (Å²) in [5, 5.41) is 0. The predicted molar refractivity (Wildman–Crippen MR) is 115 cm³/mol. The molecule has 0 radical (unpaired) electrons. The number of methoxy groups -OCH3 is 3. The van der Waals surface area contributed by atoms with Crippen molar-refractivity contribution >= 4 is 22.9 Å². The number of aliphatic imine (C=N–C) groups is 1. The summed E-state index contributed by atoms with van der Waals surface area (Å²) in [6.07, 6.45) is 1.77. The summed E-state index contributed by atoms with van der Waals surface area (Å²) >= 11 is 0. The molecule has 6 nitrogen and oxygen atoms in total. The highest BCUT2D eigenvalue weighted by Crippen LogP contribution is 2.38. The van der Waals surface area contributed by atoms with E-state index in [-0.39, 0.29) is 0 Å². The third-order valence-electron chi connectivity index (χ3n) is 4.59. The molecule has 4 rings (SSSR count). The van der Waals surface area contributed by atoms with Crippen LogP contribution >= 0.6 is 0 Å². The molecule has 0 atom stereocenters. The number of ether oxygens (including phenoxy) is 3. The van der Waals surface area contributed by atoms with Crippen LogP contribution in [-0.4, -0.2) is 37.5 Å². The average Bonchev–Trinajstić information content (AvgIpc) is 3.21. The summed E-state index contributed by atoms with van der Waals surface area (Å²) in [6.45, 7) is 0. The first-order valence-electron chi connectivity index (χ1n) is 9.11. The largest absolute Gasteiger partial charge is 0.493 e. The predicted octanol–water partition coefficient (Wildman–Crippen LogP) is 5.01. The van der Waals surface area contributed by atoms with E-state index < -0.39 is 0 Å². The average molecular weight is 387 g/mol. The molecule has 0 amide bonds. The van der Waals surface area contributed by atoms with Crippen molar-refractivity contribution in [3.63, 3.8) is 0 Å². The van der Waals surface area contributed by atoms with Crippen molar-refractivity contribution in [1.29, 1.82) is 0 Å². The van der Waals surface area contributed by atoms with Crippen LogP contribution in [0.5, 0.6) is 17.2 Å². The SMILES string of the molecule is COc1cc(C=Nc2ccccc2-c2nc3ccccc3[nH]2)cc(OC)c1OC. The lowest BCUT2D eigenvalue weighted by Crippen LogP contribution is -1.96. The van der Waals surface area contributed by atoms with E-state index in [1.54, 1.807) is 27.5 Å². The van der Waals surface area contributed by atoms with E-state index >= 15 is 0 Å². The molecule has 146 valence electrons. The van der Waals surface area contributed by atoms with E-state index in [4.69, 9.17) is 24.2 Å². The lowest BCUT2D eigenvalue weighted by molar-refractivity contribution is 0.324. The third kappa shape index (κ3) is 3.65. The molecule has 0 aliphatic heterocycles. The first-order valence-corrected chi connectivity index (χ1v) is 9.11. The topological polar surface area (TPSA) is 68.7 Å². The van der Waals surface area contributed by atoms with Gasteiger partial charge in [0.05, 0.1) is 38.1 Å². The molecule has 29 heavy (non-hydrogen) atoms. The Hall–Kier alpha value is -3.80. The molecule has 6 heteroatoms. The monoisotopic (exact) mass is 387 g/mol. The van der Waals surface area contributed by atoms with E-state index in [0.717, 1.165) is 33.7 Å². The van der Waals surface area contributed by atoms with Crippen LogP contribution in [0.2, 0.25) is 0 Å². The number of hydrogen-bond acceptors (Lipinski definition) is 5. The molecule has 0 unspecified atom stereocenters. The summed E-state index contributed by atoms with van der Waals surface area (Å²) in [5.74, 6) is 2.50.